The summed E-state index contributed by atoms with van der Waals surface area (Å²) in [6.45, 7) is 6.18. The normalized spacial score (nSPS) is 22.7. The monoisotopic (exact) mass is 287 g/mol. The van der Waals surface area contributed by atoms with E-state index >= 15 is 0 Å². The Morgan fingerprint density at radius 3 is 2.84 bits per heavy atom. The molecule has 1 aliphatic rings. The van der Waals surface area contributed by atoms with Crippen molar-refractivity contribution in [3.8, 4) is 0 Å². The first-order chi connectivity index (χ1) is 8.99. The lowest BCUT2D eigenvalue weighted by Crippen LogP contribution is -2.47. The Labute approximate surface area is 117 Å². The van der Waals surface area contributed by atoms with E-state index in [9.17, 15) is 9.50 Å². The molecule has 0 saturated carbocycles. The topological polar surface area (TPSA) is 32.7 Å². The summed E-state index contributed by atoms with van der Waals surface area (Å²) in [4.78, 5) is 2.21. The Balaban J connectivity index is 2.12. The first kappa shape index (κ1) is 14.7. The Kier molecular flexibility index (Phi) is 4.79. The van der Waals surface area contributed by atoms with Crippen LogP contribution in [0.5, 0.6) is 0 Å². The number of nitrogens with zero attached hydrogens (tertiary/aromatic N) is 1. The molecule has 0 bridgehead atoms. The van der Waals surface area contributed by atoms with Gasteiger partial charge >= 0.3 is 0 Å². The summed E-state index contributed by atoms with van der Waals surface area (Å²) in [6, 6.07) is 4.68. The zero-order valence-corrected chi connectivity index (χ0v) is 11.9. The summed E-state index contributed by atoms with van der Waals surface area (Å²) in [6.07, 6.45) is -1.38. The first-order valence-corrected chi connectivity index (χ1v) is 6.85. The van der Waals surface area contributed by atoms with Crippen LogP contribution in [0.3, 0.4) is 0 Å². The molecule has 1 fully saturated rings. The van der Waals surface area contributed by atoms with Crippen LogP contribution in [-0.4, -0.2) is 41.8 Å². The number of aliphatic hydroxyl groups is 1. The maximum Gasteiger partial charge on any atom is 0.130 e. The molecular weight excluding hydrogens is 269 g/mol. The molecule has 1 saturated heterocycles. The number of ether oxygens (including phenoxy) is 1. The Morgan fingerprint density at radius 1 is 1.47 bits per heavy atom. The van der Waals surface area contributed by atoms with Crippen LogP contribution in [0.25, 0.3) is 0 Å². The van der Waals surface area contributed by atoms with Crippen molar-refractivity contribution in [1.82, 2.24) is 4.90 Å². The zero-order chi connectivity index (χ0) is 14.0. The predicted molar refractivity (Wildman–Crippen MR) is 72.8 cm³/mol. The molecule has 2 atom stereocenters. The fraction of sp³-hybridized carbons (Fsp3) is 0.571. The second kappa shape index (κ2) is 6.18. The summed E-state index contributed by atoms with van der Waals surface area (Å²) >= 11 is 5.71. The number of benzene rings is 1. The van der Waals surface area contributed by atoms with E-state index in [0.717, 1.165) is 6.54 Å². The van der Waals surface area contributed by atoms with Crippen molar-refractivity contribution in [2.24, 2.45) is 0 Å². The van der Waals surface area contributed by atoms with E-state index in [1.54, 1.807) is 6.07 Å². The summed E-state index contributed by atoms with van der Waals surface area (Å²) < 4.78 is 19.4. The lowest BCUT2D eigenvalue weighted by atomic mass is 10.0. The van der Waals surface area contributed by atoms with E-state index in [1.165, 1.54) is 12.1 Å². The Bertz CT molecular complexity index is 441. The van der Waals surface area contributed by atoms with Crippen molar-refractivity contribution in [1.29, 1.82) is 0 Å². The molecule has 0 radical (unpaired) electrons. The number of aliphatic hydroxyl groups excluding tert-OH is 1. The van der Waals surface area contributed by atoms with E-state index in [-0.39, 0.29) is 5.56 Å². The first-order valence-electron chi connectivity index (χ1n) is 6.47. The van der Waals surface area contributed by atoms with Gasteiger partial charge in [0.2, 0.25) is 0 Å². The van der Waals surface area contributed by atoms with Gasteiger partial charge < -0.3 is 9.84 Å². The number of hydrogen-bond donors (Lipinski definition) is 1. The summed E-state index contributed by atoms with van der Waals surface area (Å²) in [5.74, 6) is -0.495. The van der Waals surface area contributed by atoms with Gasteiger partial charge in [0.1, 0.15) is 18.0 Å². The maximum absolute atomic E-state index is 13.8. The molecule has 1 N–H and O–H groups in total. The summed E-state index contributed by atoms with van der Waals surface area (Å²) in [7, 11) is 0. The van der Waals surface area contributed by atoms with Crippen LogP contribution < -0.4 is 0 Å². The molecular formula is C14H19ClFNO2. The molecule has 1 aromatic carbocycles. The fourth-order valence-corrected chi connectivity index (χ4v) is 2.46. The average Bonchev–Trinajstić information content (AvgIpc) is 2.38. The standard InChI is InChI=1S/C14H19ClFNO2/c1-9(2)17-5-6-19-13(8-17)14(18)11-4-3-10(15)7-12(11)16/h3-4,7,9,13-14,18H,5-6,8H2,1-2H3. The molecule has 0 amide bonds. The highest BCUT2D eigenvalue weighted by Gasteiger charge is 2.30. The highest BCUT2D eigenvalue weighted by Crippen LogP contribution is 2.26. The molecule has 2 unspecified atom stereocenters. The van der Waals surface area contributed by atoms with Crippen LogP contribution in [0.1, 0.15) is 25.5 Å². The third-order valence-electron chi connectivity index (χ3n) is 3.49. The van der Waals surface area contributed by atoms with Crippen molar-refractivity contribution in [3.63, 3.8) is 0 Å². The minimum absolute atomic E-state index is 0.236. The van der Waals surface area contributed by atoms with Gasteiger partial charge in [-0.15, -0.1) is 0 Å². The minimum atomic E-state index is -0.973. The third-order valence-corrected chi connectivity index (χ3v) is 3.72. The van der Waals surface area contributed by atoms with Gasteiger partial charge in [-0.25, -0.2) is 4.39 Å². The van der Waals surface area contributed by atoms with Crippen LogP contribution in [-0.2, 0) is 4.74 Å². The van der Waals surface area contributed by atoms with Crippen LogP contribution >= 0.6 is 11.6 Å². The van der Waals surface area contributed by atoms with Crippen LogP contribution in [0.15, 0.2) is 18.2 Å². The lowest BCUT2D eigenvalue weighted by Gasteiger charge is -2.37. The molecule has 2 rings (SSSR count). The molecule has 0 aromatic heterocycles. The van der Waals surface area contributed by atoms with Gasteiger partial charge in [0, 0.05) is 29.7 Å². The largest absolute Gasteiger partial charge is 0.386 e. The number of morpholine rings is 1. The van der Waals surface area contributed by atoms with Crippen molar-refractivity contribution in [2.45, 2.75) is 32.1 Å². The van der Waals surface area contributed by atoms with E-state index in [1.807, 2.05) is 0 Å². The number of hydrogen-bond acceptors (Lipinski definition) is 3. The number of halogens is 2. The Hall–Kier alpha value is -0.680. The molecule has 0 aliphatic carbocycles. The fourth-order valence-electron chi connectivity index (χ4n) is 2.30. The van der Waals surface area contributed by atoms with E-state index in [2.05, 4.69) is 18.7 Å². The molecule has 1 aromatic rings. The molecule has 3 nitrogen and oxygen atoms in total. The molecule has 0 spiro atoms. The second-order valence-electron chi connectivity index (χ2n) is 5.11. The molecule has 1 heterocycles. The molecule has 106 valence electrons. The van der Waals surface area contributed by atoms with Gasteiger partial charge in [0.25, 0.3) is 0 Å². The Morgan fingerprint density at radius 2 is 2.21 bits per heavy atom. The predicted octanol–water partition coefficient (Wildman–Crippen LogP) is 2.62. The van der Waals surface area contributed by atoms with Gasteiger partial charge in [0.15, 0.2) is 0 Å². The van der Waals surface area contributed by atoms with Crippen molar-refractivity contribution in [3.05, 3.63) is 34.6 Å². The van der Waals surface area contributed by atoms with E-state index in [0.29, 0.717) is 24.2 Å². The molecule has 1 aliphatic heterocycles. The maximum atomic E-state index is 13.8. The average molecular weight is 288 g/mol. The highest BCUT2D eigenvalue weighted by molar-refractivity contribution is 6.30. The molecule has 19 heavy (non-hydrogen) atoms. The van der Waals surface area contributed by atoms with E-state index in [4.69, 9.17) is 16.3 Å². The summed E-state index contributed by atoms with van der Waals surface area (Å²) in [5, 5.41) is 10.6. The number of rotatable bonds is 3. The highest BCUT2D eigenvalue weighted by atomic mass is 35.5. The lowest BCUT2D eigenvalue weighted by molar-refractivity contribution is -0.0969. The summed E-state index contributed by atoms with van der Waals surface area (Å²) in [5.41, 5.74) is 0.236. The van der Waals surface area contributed by atoms with Gasteiger partial charge in [-0.1, -0.05) is 17.7 Å². The van der Waals surface area contributed by atoms with Crippen molar-refractivity contribution < 1.29 is 14.2 Å². The van der Waals surface area contributed by atoms with Gasteiger partial charge in [-0.05, 0) is 26.0 Å². The molecule has 5 heteroatoms. The smallest absolute Gasteiger partial charge is 0.130 e. The van der Waals surface area contributed by atoms with E-state index < -0.39 is 18.0 Å². The van der Waals surface area contributed by atoms with Gasteiger partial charge in [-0.3, -0.25) is 4.90 Å². The van der Waals surface area contributed by atoms with Crippen LogP contribution in [0.2, 0.25) is 5.02 Å². The minimum Gasteiger partial charge on any atom is -0.386 e. The van der Waals surface area contributed by atoms with Crippen molar-refractivity contribution in [2.75, 3.05) is 19.7 Å². The van der Waals surface area contributed by atoms with Crippen molar-refractivity contribution >= 4 is 11.6 Å². The zero-order valence-electron chi connectivity index (χ0n) is 11.1. The van der Waals surface area contributed by atoms with Gasteiger partial charge in [-0.2, -0.15) is 0 Å². The quantitative estimate of drug-likeness (QED) is 0.928. The van der Waals surface area contributed by atoms with Gasteiger partial charge in [0.05, 0.1) is 6.61 Å². The second-order valence-corrected chi connectivity index (χ2v) is 5.55. The third kappa shape index (κ3) is 3.45. The van der Waals surface area contributed by atoms with Crippen LogP contribution in [0, 0.1) is 5.82 Å². The van der Waals surface area contributed by atoms with Crippen LogP contribution in [0.4, 0.5) is 4.39 Å². The SMILES string of the molecule is CC(C)N1CCOC(C(O)c2ccc(Cl)cc2F)C1.